The van der Waals surface area contributed by atoms with Crippen molar-refractivity contribution < 1.29 is 4.57 Å². The highest BCUT2D eigenvalue weighted by Gasteiger charge is 2.23. The molecular formula is C37H57N2+. The third-order valence-corrected chi connectivity index (χ3v) is 8.55. The van der Waals surface area contributed by atoms with E-state index in [4.69, 9.17) is 0 Å². The number of aryl methyl sites for hydroxylation is 1. The molecule has 0 saturated carbocycles. The van der Waals surface area contributed by atoms with Gasteiger partial charge in [-0.3, -0.25) is 0 Å². The second-order valence-electron chi connectivity index (χ2n) is 11.8. The Morgan fingerprint density at radius 1 is 0.667 bits per heavy atom. The lowest BCUT2D eigenvalue weighted by Gasteiger charge is -2.18. The van der Waals surface area contributed by atoms with E-state index in [1.807, 2.05) is 0 Å². The van der Waals surface area contributed by atoms with E-state index in [1.165, 1.54) is 107 Å². The van der Waals surface area contributed by atoms with Crippen molar-refractivity contribution in [2.75, 3.05) is 0 Å². The maximum atomic E-state index is 2.63. The van der Waals surface area contributed by atoms with E-state index in [0.717, 1.165) is 19.4 Å². The minimum Gasteiger partial charge on any atom is -0.234 e. The maximum absolute atomic E-state index is 2.63. The molecule has 2 unspecified atom stereocenters. The van der Waals surface area contributed by atoms with Crippen LogP contribution in [0, 0.1) is 0 Å². The van der Waals surface area contributed by atoms with E-state index < -0.39 is 0 Å². The summed E-state index contributed by atoms with van der Waals surface area (Å²) in [4.78, 5) is 0. The molecule has 214 valence electrons. The average Bonchev–Trinajstić information content (AvgIpc) is 3.38. The zero-order chi connectivity index (χ0) is 27.5. The molecule has 0 radical (unpaired) electrons. The van der Waals surface area contributed by atoms with Crippen LogP contribution in [0.15, 0.2) is 73.1 Å². The van der Waals surface area contributed by atoms with Gasteiger partial charge >= 0.3 is 0 Å². The van der Waals surface area contributed by atoms with Gasteiger partial charge in [0.2, 0.25) is 0 Å². The van der Waals surface area contributed by atoms with E-state index in [-0.39, 0.29) is 0 Å². The Balaban J connectivity index is 1.68. The lowest BCUT2D eigenvalue weighted by Crippen LogP contribution is -2.38. The van der Waals surface area contributed by atoms with Crippen LogP contribution in [0.1, 0.15) is 140 Å². The van der Waals surface area contributed by atoms with Crippen molar-refractivity contribution in [1.82, 2.24) is 4.57 Å². The Labute approximate surface area is 240 Å². The Hall–Kier alpha value is -2.35. The molecule has 3 rings (SSSR count). The molecule has 0 spiro atoms. The summed E-state index contributed by atoms with van der Waals surface area (Å²) in [5, 5.41) is 0. The zero-order valence-corrected chi connectivity index (χ0v) is 25.5. The summed E-state index contributed by atoms with van der Waals surface area (Å²) in [7, 11) is 0. The molecular weight excluding hydrogens is 472 g/mol. The number of aromatic nitrogens is 2. The third-order valence-electron chi connectivity index (χ3n) is 8.55. The van der Waals surface area contributed by atoms with Crippen molar-refractivity contribution in [3.63, 3.8) is 0 Å². The van der Waals surface area contributed by atoms with E-state index in [9.17, 15) is 0 Å². The number of unbranched alkanes of at least 4 members (excludes halogenated alkanes) is 10. The molecule has 0 fully saturated rings. The second-order valence-corrected chi connectivity index (χ2v) is 11.8. The van der Waals surface area contributed by atoms with E-state index in [0.29, 0.717) is 12.0 Å². The van der Waals surface area contributed by atoms with Crippen LogP contribution in [0.4, 0.5) is 0 Å². The van der Waals surface area contributed by atoms with Crippen LogP contribution in [0.2, 0.25) is 0 Å². The highest BCUT2D eigenvalue weighted by molar-refractivity contribution is 5.24. The lowest BCUT2D eigenvalue weighted by atomic mass is 9.88. The Bertz CT molecular complexity index is 991. The summed E-state index contributed by atoms with van der Waals surface area (Å²) in [5.74, 6) is 2.07. The van der Waals surface area contributed by atoms with Gasteiger partial charge in [-0.2, -0.15) is 0 Å². The number of rotatable bonds is 21. The van der Waals surface area contributed by atoms with E-state index in [2.05, 4.69) is 103 Å². The standard InChI is InChI=1S/C37H57N2/c1-4-6-8-10-11-12-13-21-29-38-30-31-39(33(3)22-16-9-7-5-2)37(38)28-27-36(35-25-19-15-20-26-35)32-34-23-17-14-18-24-34/h14-15,17-20,23-26,30-31,33,36H,4-13,16,21-22,27-29,32H2,1-3H3/q+1. The summed E-state index contributed by atoms with van der Waals surface area (Å²) >= 11 is 0. The van der Waals surface area contributed by atoms with Gasteiger partial charge < -0.3 is 0 Å². The maximum Gasteiger partial charge on any atom is 0.256 e. The third kappa shape index (κ3) is 11.3. The molecule has 2 atom stereocenters. The SMILES string of the molecule is CCCCCCCCCC[n+]1ccn(C(C)CCCCCC)c1CCC(Cc1ccccc1)c1ccccc1. The predicted molar refractivity (Wildman–Crippen MR) is 168 cm³/mol. The van der Waals surface area contributed by atoms with Crippen molar-refractivity contribution in [3.8, 4) is 0 Å². The highest BCUT2D eigenvalue weighted by Crippen LogP contribution is 2.27. The zero-order valence-electron chi connectivity index (χ0n) is 25.5. The summed E-state index contributed by atoms with van der Waals surface area (Å²) in [6.07, 6.45) is 25.9. The van der Waals surface area contributed by atoms with Crippen LogP contribution in [0.5, 0.6) is 0 Å². The van der Waals surface area contributed by atoms with Gasteiger partial charge in [0.05, 0.1) is 12.6 Å². The van der Waals surface area contributed by atoms with Gasteiger partial charge in [0, 0.05) is 6.42 Å². The number of nitrogens with zero attached hydrogens (tertiary/aromatic N) is 2. The van der Waals surface area contributed by atoms with Gasteiger partial charge in [-0.25, -0.2) is 9.13 Å². The van der Waals surface area contributed by atoms with Gasteiger partial charge in [-0.15, -0.1) is 0 Å². The molecule has 2 aromatic carbocycles. The van der Waals surface area contributed by atoms with Crippen LogP contribution >= 0.6 is 0 Å². The molecule has 0 saturated heterocycles. The molecule has 0 aliphatic carbocycles. The predicted octanol–water partition coefficient (Wildman–Crippen LogP) is 10.4. The van der Waals surface area contributed by atoms with Gasteiger partial charge in [0.1, 0.15) is 12.4 Å². The number of imidazole rings is 1. The number of hydrogen-bond acceptors (Lipinski definition) is 0. The fourth-order valence-corrected chi connectivity index (χ4v) is 6.09. The van der Waals surface area contributed by atoms with Gasteiger partial charge in [-0.1, -0.05) is 132 Å². The molecule has 1 aromatic heterocycles. The lowest BCUT2D eigenvalue weighted by molar-refractivity contribution is -0.704. The minimum atomic E-state index is 0.536. The molecule has 2 heteroatoms. The molecule has 0 amide bonds. The van der Waals surface area contributed by atoms with Crippen molar-refractivity contribution >= 4 is 0 Å². The number of hydrogen-bond donors (Lipinski definition) is 0. The van der Waals surface area contributed by atoms with Crippen LogP contribution in [-0.4, -0.2) is 4.57 Å². The van der Waals surface area contributed by atoms with Crippen molar-refractivity contribution in [2.24, 2.45) is 0 Å². The normalized spacial score (nSPS) is 13.0. The monoisotopic (exact) mass is 529 g/mol. The first-order valence-electron chi connectivity index (χ1n) is 16.4. The van der Waals surface area contributed by atoms with Crippen molar-refractivity contribution in [3.05, 3.63) is 90.0 Å². The van der Waals surface area contributed by atoms with Crippen molar-refractivity contribution in [2.45, 2.75) is 142 Å². The molecule has 0 aliphatic heterocycles. The van der Waals surface area contributed by atoms with Gasteiger partial charge in [0.25, 0.3) is 5.82 Å². The summed E-state index contributed by atoms with van der Waals surface area (Å²) in [6, 6.07) is 22.9. The minimum absolute atomic E-state index is 0.536. The van der Waals surface area contributed by atoms with Crippen LogP contribution in [-0.2, 0) is 19.4 Å². The van der Waals surface area contributed by atoms with Crippen LogP contribution in [0.25, 0.3) is 0 Å². The van der Waals surface area contributed by atoms with Crippen LogP contribution in [0.3, 0.4) is 0 Å². The first-order valence-corrected chi connectivity index (χ1v) is 16.4. The fraction of sp³-hybridized carbons (Fsp3) is 0.595. The highest BCUT2D eigenvalue weighted by atomic mass is 15.2. The molecule has 0 bridgehead atoms. The summed E-state index contributed by atoms with van der Waals surface area (Å²) < 4.78 is 5.23. The molecule has 0 aliphatic rings. The Morgan fingerprint density at radius 2 is 1.26 bits per heavy atom. The summed E-state index contributed by atoms with van der Waals surface area (Å²) in [5.41, 5.74) is 2.92. The van der Waals surface area contributed by atoms with E-state index >= 15 is 0 Å². The second kappa shape index (κ2) is 18.9. The largest absolute Gasteiger partial charge is 0.256 e. The molecule has 3 aromatic rings. The molecule has 0 N–H and O–H groups in total. The Kier molecular flexibility index (Phi) is 15.1. The quantitative estimate of drug-likeness (QED) is 0.0958. The Morgan fingerprint density at radius 3 is 1.92 bits per heavy atom. The fourth-order valence-electron chi connectivity index (χ4n) is 6.09. The van der Waals surface area contributed by atoms with Gasteiger partial charge in [-0.05, 0) is 62.5 Å². The molecule has 1 heterocycles. The summed E-state index contributed by atoms with van der Waals surface area (Å²) in [6.45, 7) is 8.21. The van der Waals surface area contributed by atoms with Gasteiger partial charge in [0.15, 0.2) is 0 Å². The van der Waals surface area contributed by atoms with Crippen molar-refractivity contribution in [1.29, 1.82) is 0 Å². The number of benzene rings is 2. The van der Waals surface area contributed by atoms with Crippen LogP contribution < -0.4 is 4.57 Å². The molecule has 39 heavy (non-hydrogen) atoms. The first kappa shape index (κ1) is 31.2. The topological polar surface area (TPSA) is 8.81 Å². The first-order chi connectivity index (χ1) is 19.2. The van der Waals surface area contributed by atoms with E-state index in [1.54, 1.807) is 0 Å². The average molecular weight is 530 g/mol. The molecule has 2 nitrogen and oxygen atoms in total. The smallest absolute Gasteiger partial charge is 0.234 e.